The van der Waals surface area contributed by atoms with Crippen molar-refractivity contribution in [1.82, 2.24) is 0 Å². The highest BCUT2D eigenvalue weighted by Gasteiger charge is 2.25. The summed E-state index contributed by atoms with van der Waals surface area (Å²) in [7, 11) is 0. The van der Waals surface area contributed by atoms with E-state index in [0.717, 1.165) is 5.56 Å². The summed E-state index contributed by atoms with van der Waals surface area (Å²) in [4.78, 5) is 0. The van der Waals surface area contributed by atoms with E-state index in [1.807, 2.05) is 0 Å². The third-order valence-corrected chi connectivity index (χ3v) is 6.89. The molecule has 0 amide bonds. The van der Waals surface area contributed by atoms with Crippen molar-refractivity contribution in [2.75, 3.05) is 6.61 Å². The maximum atomic E-state index is 15.0. The number of ether oxygens (including phenoxy) is 2. The molecule has 1 aliphatic rings. The lowest BCUT2D eigenvalue weighted by Crippen LogP contribution is -2.21. The van der Waals surface area contributed by atoms with Crippen LogP contribution in [0.25, 0.3) is 11.1 Å². The Morgan fingerprint density at radius 1 is 0.838 bits per heavy atom. The molecular formula is C29H29F5O3. The minimum atomic E-state index is -1.16. The molecule has 0 saturated heterocycles. The van der Waals surface area contributed by atoms with Crippen molar-refractivity contribution in [3.63, 3.8) is 0 Å². The molecule has 1 atom stereocenters. The summed E-state index contributed by atoms with van der Waals surface area (Å²) < 4.78 is 83.0. The first-order valence-corrected chi connectivity index (χ1v) is 12.4. The zero-order valence-corrected chi connectivity index (χ0v) is 20.7. The summed E-state index contributed by atoms with van der Waals surface area (Å²) >= 11 is 0. The lowest BCUT2D eigenvalue weighted by molar-refractivity contribution is 0.0118. The summed E-state index contributed by atoms with van der Waals surface area (Å²) in [6, 6.07) is 9.89. The summed E-state index contributed by atoms with van der Waals surface area (Å²) in [5.41, 5.74) is 0.534. The Hall–Kier alpha value is -2.97. The molecule has 3 nitrogen and oxygen atoms in total. The first kappa shape index (κ1) is 27.1. The maximum absolute atomic E-state index is 15.0. The Morgan fingerprint density at radius 3 is 2.19 bits per heavy atom. The van der Waals surface area contributed by atoms with E-state index in [1.165, 1.54) is 43.3 Å². The fourth-order valence-corrected chi connectivity index (χ4v) is 4.82. The lowest BCUT2D eigenvalue weighted by atomic mass is 9.82. The van der Waals surface area contributed by atoms with E-state index in [4.69, 9.17) is 9.47 Å². The molecule has 1 N–H and O–H groups in total. The highest BCUT2D eigenvalue weighted by atomic mass is 19.2. The molecule has 0 aliphatic heterocycles. The summed E-state index contributed by atoms with van der Waals surface area (Å²) in [5, 5.41) is 9.52. The van der Waals surface area contributed by atoms with Crippen molar-refractivity contribution >= 4 is 0 Å². The first-order chi connectivity index (χ1) is 17.7. The Balaban J connectivity index is 1.38. The molecule has 37 heavy (non-hydrogen) atoms. The van der Waals surface area contributed by atoms with Crippen LogP contribution in [0.3, 0.4) is 0 Å². The highest BCUT2D eigenvalue weighted by molar-refractivity contribution is 5.66. The van der Waals surface area contributed by atoms with Gasteiger partial charge >= 0.3 is 0 Å². The molecule has 1 unspecified atom stereocenters. The minimum absolute atomic E-state index is 0.0314. The normalized spacial score (nSPS) is 18.6. The van der Waals surface area contributed by atoms with Gasteiger partial charge in [-0.3, -0.25) is 0 Å². The van der Waals surface area contributed by atoms with Gasteiger partial charge in [0.15, 0.2) is 23.2 Å². The second-order valence-corrected chi connectivity index (χ2v) is 9.31. The molecule has 8 heteroatoms. The maximum Gasteiger partial charge on any atom is 0.201 e. The number of aliphatic hydroxyl groups is 1. The van der Waals surface area contributed by atoms with Crippen LogP contribution in [0.2, 0.25) is 0 Å². The van der Waals surface area contributed by atoms with E-state index in [2.05, 4.69) is 0 Å². The van der Waals surface area contributed by atoms with Crippen LogP contribution in [0, 0.1) is 29.1 Å². The SMILES string of the molecule is CCOc1ccc(-c2ccc(C3CCC(OCc4ccc(C(C)O)c(F)c4F)CC3)cc2F)c(F)c1F. The van der Waals surface area contributed by atoms with Gasteiger partial charge in [-0.2, -0.15) is 4.39 Å². The van der Waals surface area contributed by atoms with Gasteiger partial charge in [0.2, 0.25) is 5.82 Å². The lowest BCUT2D eigenvalue weighted by Gasteiger charge is -2.29. The predicted octanol–water partition coefficient (Wildman–Crippen LogP) is 7.74. The van der Waals surface area contributed by atoms with Crippen molar-refractivity contribution in [3.05, 3.63) is 88.2 Å². The molecule has 0 aromatic heterocycles. The van der Waals surface area contributed by atoms with Gasteiger partial charge < -0.3 is 14.6 Å². The van der Waals surface area contributed by atoms with Crippen LogP contribution in [0.5, 0.6) is 5.75 Å². The number of benzene rings is 3. The molecule has 1 saturated carbocycles. The van der Waals surface area contributed by atoms with Gasteiger partial charge in [-0.05, 0) is 69.2 Å². The van der Waals surface area contributed by atoms with Crippen LogP contribution in [0.15, 0.2) is 42.5 Å². The standard InChI is InChI=1S/C29H29F5O3/c1-3-36-25-13-12-23(28(33)29(25)34)22-11-6-18(14-24(22)30)17-4-8-20(9-5-17)37-15-19-7-10-21(16(2)35)27(32)26(19)31/h6-7,10-14,16-17,20,35H,3-5,8-9,15H2,1-2H3. The molecule has 3 aromatic rings. The first-order valence-electron chi connectivity index (χ1n) is 12.4. The third-order valence-electron chi connectivity index (χ3n) is 6.89. The molecule has 0 radical (unpaired) electrons. The van der Waals surface area contributed by atoms with E-state index in [9.17, 15) is 27.1 Å². The van der Waals surface area contributed by atoms with Gasteiger partial charge in [-0.15, -0.1) is 0 Å². The summed E-state index contributed by atoms with van der Waals surface area (Å²) in [6.07, 6.45) is 1.45. The van der Waals surface area contributed by atoms with Crippen molar-refractivity contribution < 1.29 is 36.5 Å². The van der Waals surface area contributed by atoms with Crippen LogP contribution < -0.4 is 4.74 Å². The highest BCUT2D eigenvalue weighted by Crippen LogP contribution is 2.37. The van der Waals surface area contributed by atoms with Gasteiger partial charge in [0.05, 0.1) is 25.4 Å². The smallest absolute Gasteiger partial charge is 0.201 e. The average molecular weight is 521 g/mol. The number of halogens is 5. The number of hydrogen-bond donors (Lipinski definition) is 1. The number of hydrogen-bond acceptors (Lipinski definition) is 3. The molecule has 4 rings (SSSR count). The molecule has 198 valence electrons. The largest absolute Gasteiger partial charge is 0.491 e. The molecule has 1 fully saturated rings. The monoisotopic (exact) mass is 520 g/mol. The molecular weight excluding hydrogens is 491 g/mol. The van der Waals surface area contributed by atoms with E-state index >= 15 is 0 Å². The Labute approximate surface area is 212 Å². The zero-order chi connectivity index (χ0) is 26.7. The van der Waals surface area contributed by atoms with Crippen molar-refractivity contribution in [2.24, 2.45) is 0 Å². The molecule has 0 bridgehead atoms. The van der Waals surface area contributed by atoms with E-state index in [1.54, 1.807) is 13.0 Å². The molecule has 0 spiro atoms. The van der Waals surface area contributed by atoms with Gasteiger partial charge in [0.1, 0.15) is 5.82 Å². The van der Waals surface area contributed by atoms with E-state index in [-0.39, 0.29) is 53.2 Å². The van der Waals surface area contributed by atoms with Gasteiger partial charge in [-0.1, -0.05) is 24.3 Å². The quantitative estimate of drug-likeness (QED) is 0.309. The Bertz CT molecular complexity index is 1250. The topological polar surface area (TPSA) is 38.7 Å². The van der Waals surface area contributed by atoms with Gasteiger partial charge in [-0.25, -0.2) is 17.6 Å². The van der Waals surface area contributed by atoms with Crippen molar-refractivity contribution in [3.8, 4) is 16.9 Å². The van der Waals surface area contributed by atoms with E-state index < -0.39 is 35.2 Å². The van der Waals surface area contributed by atoms with Crippen LogP contribution >= 0.6 is 0 Å². The molecule has 1 aliphatic carbocycles. The van der Waals surface area contributed by atoms with Crippen LogP contribution in [-0.4, -0.2) is 17.8 Å². The third kappa shape index (κ3) is 5.80. The van der Waals surface area contributed by atoms with Crippen molar-refractivity contribution in [2.45, 2.75) is 64.3 Å². The predicted molar refractivity (Wildman–Crippen MR) is 130 cm³/mol. The Morgan fingerprint density at radius 2 is 1.54 bits per heavy atom. The van der Waals surface area contributed by atoms with E-state index in [0.29, 0.717) is 25.7 Å². The molecule has 0 heterocycles. The van der Waals surface area contributed by atoms with Crippen molar-refractivity contribution in [1.29, 1.82) is 0 Å². The Kier molecular flexibility index (Phi) is 8.49. The van der Waals surface area contributed by atoms with Gasteiger partial charge in [0, 0.05) is 22.3 Å². The fourth-order valence-electron chi connectivity index (χ4n) is 4.82. The van der Waals surface area contributed by atoms with Gasteiger partial charge in [0.25, 0.3) is 0 Å². The van der Waals surface area contributed by atoms with Crippen LogP contribution in [0.4, 0.5) is 22.0 Å². The second kappa shape index (κ2) is 11.6. The minimum Gasteiger partial charge on any atom is -0.491 e. The zero-order valence-electron chi connectivity index (χ0n) is 20.7. The van der Waals surface area contributed by atoms with Crippen LogP contribution in [-0.2, 0) is 11.3 Å². The summed E-state index contributed by atoms with van der Waals surface area (Å²) in [5.74, 6) is -5.20. The average Bonchev–Trinajstić information content (AvgIpc) is 2.88. The summed E-state index contributed by atoms with van der Waals surface area (Å²) in [6.45, 7) is 3.11. The fraction of sp³-hybridized carbons (Fsp3) is 0.379. The number of rotatable bonds is 8. The molecule has 3 aromatic carbocycles. The second-order valence-electron chi connectivity index (χ2n) is 9.31. The van der Waals surface area contributed by atoms with Crippen LogP contribution in [0.1, 0.15) is 68.2 Å². The number of aliphatic hydroxyl groups excluding tert-OH is 1.